The third kappa shape index (κ3) is 3.93. The summed E-state index contributed by atoms with van der Waals surface area (Å²) in [5, 5.41) is 7.44. The van der Waals surface area contributed by atoms with Crippen LogP contribution in [0.15, 0.2) is 156 Å². The van der Waals surface area contributed by atoms with Gasteiger partial charge in [0.15, 0.2) is 0 Å². The largest absolute Gasteiger partial charge is 0.456 e. The SMILES string of the molecule is c1ccc(-c2ccc(N(c3ccc4c(c3)oc3ccccc34)c3ccc4sc5c6ccccc6ccc5c4c3)cc2)cc1. The van der Waals surface area contributed by atoms with Gasteiger partial charge in [-0.3, -0.25) is 0 Å². The molecule has 0 bridgehead atoms. The van der Waals surface area contributed by atoms with E-state index in [4.69, 9.17) is 4.42 Å². The molecule has 0 aliphatic carbocycles. The van der Waals surface area contributed by atoms with Crippen molar-refractivity contribution >= 4 is 81.3 Å². The molecule has 2 heterocycles. The third-order valence-electron chi connectivity index (χ3n) is 8.46. The van der Waals surface area contributed by atoms with Crippen LogP contribution in [0.5, 0.6) is 0 Å². The van der Waals surface area contributed by atoms with Crippen LogP contribution in [0.25, 0.3) is 64.0 Å². The van der Waals surface area contributed by atoms with E-state index in [1.807, 2.05) is 23.5 Å². The van der Waals surface area contributed by atoms with Crippen molar-refractivity contribution in [3.05, 3.63) is 152 Å². The molecule has 0 amide bonds. The number of nitrogens with zero attached hydrogens (tertiary/aromatic N) is 1. The average Bonchev–Trinajstić information content (AvgIpc) is 3.64. The van der Waals surface area contributed by atoms with Crippen LogP contribution in [-0.4, -0.2) is 0 Å². The van der Waals surface area contributed by atoms with Gasteiger partial charge in [-0.05, 0) is 70.4 Å². The second-order valence-corrected chi connectivity index (χ2v) is 12.0. The van der Waals surface area contributed by atoms with Crippen LogP contribution in [0.2, 0.25) is 0 Å². The smallest absolute Gasteiger partial charge is 0.137 e. The topological polar surface area (TPSA) is 16.4 Å². The van der Waals surface area contributed by atoms with Crippen LogP contribution in [-0.2, 0) is 0 Å². The molecular weight excluding hydrogens is 543 g/mol. The first kappa shape index (κ1) is 24.2. The Bertz CT molecular complexity index is 2450. The van der Waals surface area contributed by atoms with Gasteiger partial charge < -0.3 is 9.32 Å². The summed E-state index contributed by atoms with van der Waals surface area (Å²) >= 11 is 1.87. The molecular formula is C40H25NOS. The molecule has 2 nitrogen and oxygen atoms in total. The van der Waals surface area contributed by atoms with Gasteiger partial charge in [0.05, 0.1) is 0 Å². The van der Waals surface area contributed by atoms with Gasteiger partial charge in [0, 0.05) is 54.1 Å². The minimum absolute atomic E-state index is 0.887. The minimum atomic E-state index is 0.887. The lowest BCUT2D eigenvalue weighted by molar-refractivity contribution is 0.669. The molecule has 0 saturated heterocycles. The normalized spacial score (nSPS) is 11.7. The number of fused-ring (bicyclic) bond motifs is 8. The van der Waals surface area contributed by atoms with Crippen molar-refractivity contribution in [1.29, 1.82) is 0 Å². The van der Waals surface area contributed by atoms with Crippen molar-refractivity contribution in [1.82, 2.24) is 0 Å². The highest BCUT2D eigenvalue weighted by atomic mass is 32.1. The number of anilines is 3. The van der Waals surface area contributed by atoms with Crippen molar-refractivity contribution in [2.24, 2.45) is 0 Å². The van der Waals surface area contributed by atoms with E-state index in [0.29, 0.717) is 0 Å². The quantitative estimate of drug-likeness (QED) is 0.210. The van der Waals surface area contributed by atoms with Crippen LogP contribution in [0, 0.1) is 0 Å². The average molecular weight is 568 g/mol. The minimum Gasteiger partial charge on any atom is -0.456 e. The Hall–Kier alpha value is -5.38. The Balaban J connectivity index is 1.24. The summed E-state index contributed by atoms with van der Waals surface area (Å²) in [5.41, 5.74) is 7.47. The molecule has 0 atom stereocenters. The summed E-state index contributed by atoms with van der Waals surface area (Å²) in [7, 11) is 0. The first-order valence-corrected chi connectivity index (χ1v) is 15.3. The summed E-state index contributed by atoms with van der Waals surface area (Å²) in [6, 6.07) is 54.3. The Morgan fingerprint density at radius 1 is 0.419 bits per heavy atom. The lowest BCUT2D eigenvalue weighted by Crippen LogP contribution is -2.09. The molecule has 0 spiro atoms. The molecule has 9 aromatic rings. The van der Waals surface area contributed by atoms with Gasteiger partial charge in [-0.15, -0.1) is 11.3 Å². The van der Waals surface area contributed by atoms with E-state index in [1.165, 1.54) is 42.1 Å². The molecule has 202 valence electrons. The zero-order valence-corrected chi connectivity index (χ0v) is 24.0. The van der Waals surface area contributed by atoms with Crippen molar-refractivity contribution in [3.8, 4) is 11.1 Å². The molecule has 7 aromatic carbocycles. The monoisotopic (exact) mass is 567 g/mol. The lowest BCUT2D eigenvalue weighted by atomic mass is 10.0. The number of hydrogen-bond donors (Lipinski definition) is 0. The Morgan fingerprint density at radius 2 is 1.07 bits per heavy atom. The van der Waals surface area contributed by atoms with Crippen molar-refractivity contribution in [3.63, 3.8) is 0 Å². The van der Waals surface area contributed by atoms with E-state index in [-0.39, 0.29) is 0 Å². The summed E-state index contributed by atoms with van der Waals surface area (Å²) in [6.07, 6.45) is 0. The maximum atomic E-state index is 6.32. The van der Waals surface area contributed by atoms with Gasteiger partial charge in [-0.1, -0.05) is 97.1 Å². The van der Waals surface area contributed by atoms with Gasteiger partial charge in [0.1, 0.15) is 11.2 Å². The third-order valence-corrected chi connectivity index (χ3v) is 9.68. The molecule has 3 heteroatoms. The standard InChI is InChI=1S/C40H25NOS/c1-2-8-26(9-3-1)27-14-17-29(18-15-27)41(31-19-22-34-33-12-6-7-13-37(33)42-38(34)25-31)30-20-23-39-36(24-30)35-21-16-28-10-4-5-11-32(28)40(35)43-39/h1-25H. The second kappa shape index (κ2) is 9.59. The molecule has 43 heavy (non-hydrogen) atoms. The maximum absolute atomic E-state index is 6.32. The maximum Gasteiger partial charge on any atom is 0.137 e. The van der Waals surface area contributed by atoms with Gasteiger partial charge >= 0.3 is 0 Å². The van der Waals surface area contributed by atoms with Crippen LogP contribution < -0.4 is 4.90 Å². The number of thiophene rings is 1. The predicted octanol–water partition coefficient (Wildman–Crippen LogP) is 12.2. The number of rotatable bonds is 4. The van der Waals surface area contributed by atoms with Crippen molar-refractivity contribution in [2.45, 2.75) is 0 Å². The Morgan fingerprint density at radius 3 is 1.95 bits per heavy atom. The van der Waals surface area contributed by atoms with E-state index in [2.05, 4.69) is 144 Å². The number of benzene rings is 7. The van der Waals surface area contributed by atoms with Gasteiger partial charge in [0.2, 0.25) is 0 Å². The van der Waals surface area contributed by atoms with Crippen molar-refractivity contribution in [2.75, 3.05) is 4.90 Å². The van der Waals surface area contributed by atoms with Crippen molar-refractivity contribution < 1.29 is 4.42 Å². The highest BCUT2D eigenvalue weighted by molar-refractivity contribution is 7.26. The molecule has 0 N–H and O–H groups in total. The van der Waals surface area contributed by atoms with E-state index >= 15 is 0 Å². The van der Waals surface area contributed by atoms with E-state index in [0.717, 1.165) is 39.0 Å². The highest BCUT2D eigenvalue weighted by Crippen LogP contribution is 2.43. The van der Waals surface area contributed by atoms with Crippen LogP contribution in [0.3, 0.4) is 0 Å². The zero-order chi connectivity index (χ0) is 28.3. The Kier molecular flexibility index (Phi) is 5.40. The van der Waals surface area contributed by atoms with Crippen LogP contribution >= 0.6 is 11.3 Å². The number of hydrogen-bond acceptors (Lipinski definition) is 3. The fourth-order valence-corrected chi connectivity index (χ4v) is 7.58. The van der Waals surface area contributed by atoms with Gasteiger partial charge in [0.25, 0.3) is 0 Å². The molecule has 0 aliphatic heterocycles. The number of para-hydroxylation sites is 1. The molecule has 9 rings (SSSR count). The molecule has 0 aliphatic rings. The summed E-state index contributed by atoms with van der Waals surface area (Å²) in [4.78, 5) is 2.34. The molecule has 0 saturated carbocycles. The van der Waals surface area contributed by atoms with E-state index in [9.17, 15) is 0 Å². The van der Waals surface area contributed by atoms with E-state index in [1.54, 1.807) is 0 Å². The molecule has 0 radical (unpaired) electrons. The van der Waals surface area contributed by atoms with Crippen LogP contribution in [0.4, 0.5) is 17.1 Å². The predicted molar refractivity (Wildman–Crippen MR) is 184 cm³/mol. The first-order chi connectivity index (χ1) is 21.3. The summed E-state index contributed by atoms with van der Waals surface area (Å²) < 4.78 is 8.96. The zero-order valence-electron chi connectivity index (χ0n) is 23.2. The first-order valence-electron chi connectivity index (χ1n) is 14.5. The van der Waals surface area contributed by atoms with Crippen LogP contribution in [0.1, 0.15) is 0 Å². The number of furan rings is 1. The van der Waals surface area contributed by atoms with Gasteiger partial charge in [-0.2, -0.15) is 0 Å². The highest BCUT2D eigenvalue weighted by Gasteiger charge is 2.18. The fraction of sp³-hybridized carbons (Fsp3) is 0. The fourth-order valence-electron chi connectivity index (χ4n) is 6.37. The molecule has 2 aromatic heterocycles. The summed E-state index contributed by atoms with van der Waals surface area (Å²) in [5.74, 6) is 0. The van der Waals surface area contributed by atoms with Gasteiger partial charge in [-0.25, -0.2) is 0 Å². The summed E-state index contributed by atoms with van der Waals surface area (Å²) in [6.45, 7) is 0. The molecule has 0 fully saturated rings. The molecule has 0 unspecified atom stereocenters. The lowest BCUT2D eigenvalue weighted by Gasteiger charge is -2.26. The Labute approximate surface area is 252 Å². The van der Waals surface area contributed by atoms with E-state index < -0.39 is 0 Å². The second-order valence-electron chi connectivity index (χ2n) is 11.0.